The van der Waals surface area contributed by atoms with Crippen LogP contribution in [0.3, 0.4) is 0 Å². The van der Waals surface area contributed by atoms with Crippen molar-refractivity contribution in [3.05, 3.63) is 36.5 Å². The van der Waals surface area contributed by atoms with E-state index in [1.165, 1.54) is 0 Å². The predicted octanol–water partition coefficient (Wildman–Crippen LogP) is 2.29. The Morgan fingerprint density at radius 2 is 2.07 bits per heavy atom. The highest BCUT2D eigenvalue weighted by Crippen LogP contribution is 1.99. The molecular weight excluding hydrogens is 192 g/mol. The average Bonchev–Trinajstić information content (AvgIpc) is 2.20. The van der Waals surface area contributed by atoms with Gasteiger partial charge in [0.1, 0.15) is 0 Å². The van der Waals surface area contributed by atoms with Crippen LogP contribution in [0.4, 0.5) is 0 Å². The maximum atomic E-state index is 10.2. The van der Waals surface area contributed by atoms with Gasteiger partial charge >= 0.3 is 5.97 Å². The summed E-state index contributed by atoms with van der Waals surface area (Å²) in [5.74, 6) is -0.883. The third-order valence-electron chi connectivity index (χ3n) is 1.74. The Labute approximate surface area is 90.4 Å². The summed E-state index contributed by atoms with van der Waals surface area (Å²) >= 11 is 0. The van der Waals surface area contributed by atoms with Gasteiger partial charge in [-0.2, -0.15) is 0 Å². The summed E-state index contributed by atoms with van der Waals surface area (Å²) in [7, 11) is 0. The maximum absolute atomic E-state index is 10.2. The molecule has 0 aliphatic rings. The van der Waals surface area contributed by atoms with Crippen LogP contribution < -0.4 is 0 Å². The number of aliphatic hydroxyl groups is 1. The molecule has 0 saturated carbocycles. The van der Waals surface area contributed by atoms with Crippen LogP contribution in [-0.4, -0.2) is 22.3 Å². The highest BCUT2D eigenvalue weighted by atomic mass is 16.4. The molecule has 3 heteroatoms. The molecule has 3 nitrogen and oxygen atoms in total. The summed E-state index contributed by atoms with van der Waals surface area (Å²) in [6, 6.07) is 0. The molecule has 0 rings (SSSR count). The Morgan fingerprint density at radius 3 is 2.67 bits per heavy atom. The van der Waals surface area contributed by atoms with E-state index in [1.807, 2.05) is 31.2 Å². The molecule has 0 aromatic rings. The standard InChI is InChI=1S/C12H18O3/c1-2-3-4-5-6-7-8-11(13)9-10-12(14)15/h2-3,5-8,11,13H,4,9-10H2,1H3,(H,14,15). The van der Waals surface area contributed by atoms with Crippen LogP contribution in [0.5, 0.6) is 0 Å². The van der Waals surface area contributed by atoms with E-state index in [0.29, 0.717) is 0 Å². The molecule has 0 bridgehead atoms. The van der Waals surface area contributed by atoms with E-state index >= 15 is 0 Å². The van der Waals surface area contributed by atoms with E-state index in [-0.39, 0.29) is 12.8 Å². The number of allylic oxidation sites excluding steroid dienone is 5. The first-order valence-electron chi connectivity index (χ1n) is 5.01. The van der Waals surface area contributed by atoms with E-state index < -0.39 is 12.1 Å². The zero-order chi connectivity index (χ0) is 11.5. The first kappa shape index (κ1) is 13.7. The predicted molar refractivity (Wildman–Crippen MR) is 60.6 cm³/mol. The smallest absolute Gasteiger partial charge is 0.303 e. The second-order valence-electron chi connectivity index (χ2n) is 3.12. The normalized spacial score (nSPS) is 14.3. The van der Waals surface area contributed by atoms with Gasteiger partial charge < -0.3 is 10.2 Å². The molecule has 0 aliphatic carbocycles. The first-order valence-corrected chi connectivity index (χ1v) is 5.01. The van der Waals surface area contributed by atoms with Crippen molar-refractivity contribution in [1.29, 1.82) is 0 Å². The molecule has 0 aromatic heterocycles. The summed E-state index contributed by atoms with van der Waals surface area (Å²) < 4.78 is 0. The van der Waals surface area contributed by atoms with Crippen molar-refractivity contribution in [3.8, 4) is 0 Å². The lowest BCUT2D eigenvalue weighted by molar-refractivity contribution is -0.137. The number of carbonyl (C=O) groups is 1. The van der Waals surface area contributed by atoms with Crippen LogP contribution >= 0.6 is 0 Å². The molecule has 2 N–H and O–H groups in total. The summed E-state index contributed by atoms with van der Waals surface area (Å²) in [4.78, 5) is 10.2. The minimum atomic E-state index is -0.883. The molecular formula is C12H18O3. The van der Waals surface area contributed by atoms with E-state index in [1.54, 1.807) is 12.2 Å². The lowest BCUT2D eigenvalue weighted by Gasteiger charge is -2.00. The van der Waals surface area contributed by atoms with Crippen LogP contribution in [0.1, 0.15) is 26.2 Å². The van der Waals surface area contributed by atoms with Crippen molar-refractivity contribution in [3.63, 3.8) is 0 Å². The first-order chi connectivity index (χ1) is 7.16. The largest absolute Gasteiger partial charge is 0.481 e. The molecule has 1 atom stereocenters. The molecule has 0 spiro atoms. The highest BCUT2D eigenvalue weighted by Gasteiger charge is 2.02. The summed E-state index contributed by atoms with van der Waals surface area (Å²) in [5.41, 5.74) is 0. The van der Waals surface area contributed by atoms with Crippen LogP contribution in [0, 0.1) is 0 Å². The number of carboxylic acid groups (broad SMARTS) is 1. The average molecular weight is 210 g/mol. The molecule has 0 fully saturated rings. The van der Waals surface area contributed by atoms with E-state index in [4.69, 9.17) is 5.11 Å². The van der Waals surface area contributed by atoms with Gasteiger partial charge in [-0.25, -0.2) is 0 Å². The number of carboxylic acids is 1. The minimum Gasteiger partial charge on any atom is -0.481 e. The Kier molecular flexibility index (Phi) is 8.39. The van der Waals surface area contributed by atoms with Crippen LogP contribution in [0.25, 0.3) is 0 Å². The van der Waals surface area contributed by atoms with Gasteiger partial charge in [0.05, 0.1) is 6.10 Å². The number of hydrogen-bond acceptors (Lipinski definition) is 2. The Hall–Kier alpha value is -1.35. The van der Waals surface area contributed by atoms with Gasteiger partial charge in [0.2, 0.25) is 0 Å². The van der Waals surface area contributed by atoms with Gasteiger partial charge in [-0.15, -0.1) is 0 Å². The molecule has 0 aromatic carbocycles. The molecule has 15 heavy (non-hydrogen) atoms. The molecule has 1 unspecified atom stereocenters. The Bertz CT molecular complexity index is 252. The van der Waals surface area contributed by atoms with Gasteiger partial charge in [0, 0.05) is 6.42 Å². The number of aliphatic carboxylic acids is 1. The lowest BCUT2D eigenvalue weighted by atomic mass is 10.2. The Morgan fingerprint density at radius 1 is 1.33 bits per heavy atom. The van der Waals surface area contributed by atoms with Gasteiger partial charge in [0.15, 0.2) is 0 Å². The number of aliphatic hydroxyl groups excluding tert-OH is 1. The zero-order valence-corrected chi connectivity index (χ0v) is 8.97. The fourth-order valence-electron chi connectivity index (χ4n) is 0.932. The number of hydrogen-bond donors (Lipinski definition) is 2. The van der Waals surface area contributed by atoms with E-state index in [2.05, 4.69) is 0 Å². The Balaban J connectivity index is 3.66. The highest BCUT2D eigenvalue weighted by molar-refractivity contribution is 5.66. The summed E-state index contributed by atoms with van der Waals surface area (Å²) in [6.45, 7) is 1.96. The second kappa shape index (κ2) is 9.21. The number of rotatable bonds is 7. The molecule has 0 saturated heterocycles. The van der Waals surface area contributed by atoms with Gasteiger partial charge in [-0.05, 0) is 19.8 Å². The maximum Gasteiger partial charge on any atom is 0.303 e. The zero-order valence-electron chi connectivity index (χ0n) is 8.97. The summed E-state index contributed by atoms with van der Waals surface area (Å²) in [5, 5.41) is 17.7. The quantitative estimate of drug-likeness (QED) is 0.500. The van der Waals surface area contributed by atoms with Crippen molar-refractivity contribution in [2.45, 2.75) is 32.3 Å². The lowest BCUT2D eigenvalue weighted by Crippen LogP contribution is -2.05. The van der Waals surface area contributed by atoms with Gasteiger partial charge in [-0.3, -0.25) is 4.79 Å². The fraction of sp³-hybridized carbons (Fsp3) is 0.417. The van der Waals surface area contributed by atoms with Crippen molar-refractivity contribution < 1.29 is 15.0 Å². The topological polar surface area (TPSA) is 57.5 Å². The van der Waals surface area contributed by atoms with Crippen molar-refractivity contribution in [2.75, 3.05) is 0 Å². The molecule has 0 amide bonds. The monoisotopic (exact) mass is 210 g/mol. The third-order valence-corrected chi connectivity index (χ3v) is 1.74. The minimum absolute atomic E-state index is 0.00616. The van der Waals surface area contributed by atoms with Crippen molar-refractivity contribution in [1.82, 2.24) is 0 Å². The van der Waals surface area contributed by atoms with Crippen molar-refractivity contribution in [2.24, 2.45) is 0 Å². The molecule has 84 valence electrons. The molecule has 0 radical (unpaired) electrons. The third kappa shape index (κ3) is 10.6. The molecule has 0 heterocycles. The van der Waals surface area contributed by atoms with E-state index in [0.717, 1.165) is 6.42 Å². The van der Waals surface area contributed by atoms with Crippen LogP contribution in [0.2, 0.25) is 0 Å². The summed E-state index contributed by atoms with van der Waals surface area (Å²) in [6.07, 6.45) is 11.6. The SMILES string of the molecule is CC=CCC=CC=CC(O)CCC(=O)O. The van der Waals surface area contributed by atoms with Gasteiger partial charge in [-0.1, -0.05) is 36.5 Å². The second-order valence-corrected chi connectivity index (χ2v) is 3.12. The van der Waals surface area contributed by atoms with Crippen LogP contribution in [-0.2, 0) is 4.79 Å². The van der Waals surface area contributed by atoms with Crippen LogP contribution in [0.15, 0.2) is 36.5 Å². The van der Waals surface area contributed by atoms with Crippen molar-refractivity contribution >= 4 is 5.97 Å². The molecule has 0 aliphatic heterocycles. The van der Waals surface area contributed by atoms with Gasteiger partial charge in [0.25, 0.3) is 0 Å². The van der Waals surface area contributed by atoms with E-state index in [9.17, 15) is 9.90 Å². The fourth-order valence-corrected chi connectivity index (χ4v) is 0.932.